The smallest absolute Gasteiger partial charge is 0.0152 e. The molecular weight excluding hydrogens is 264 g/mol. The minimum atomic E-state index is 1.29. The predicted molar refractivity (Wildman–Crippen MR) is 96.3 cm³/mol. The fraction of sp³-hybridized carbons (Fsp3) is 0.182. The highest BCUT2D eigenvalue weighted by atomic mass is 14.1. The molecule has 0 spiro atoms. The monoisotopic (exact) mass is 286 g/mol. The Balaban J connectivity index is 2.08. The highest BCUT2D eigenvalue weighted by Crippen LogP contribution is 2.32. The molecule has 0 aliphatic heterocycles. The number of rotatable bonds is 2. The number of hydrogen-bond acceptors (Lipinski definition) is 0. The van der Waals surface area contributed by atoms with E-state index < -0.39 is 0 Å². The van der Waals surface area contributed by atoms with Crippen LogP contribution in [0.5, 0.6) is 0 Å². The van der Waals surface area contributed by atoms with Crippen molar-refractivity contribution in [3.8, 4) is 22.3 Å². The molecule has 0 aliphatic carbocycles. The lowest BCUT2D eigenvalue weighted by Gasteiger charge is -2.14. The van der Waals surface area contributed by atoms with E-state index in [1.54, 1.807) is 0 Å². The predicted octanol–water partition coefficient (Wildman–Crippen LogP) is 6.25. The summed E-state index contributed by atoms with van der Waals surface area (Å²) in [7, 11) is 0. The first kappa shape index (κ1) is 14.6. The summed E-state index contributed by atoms with van der Waals surface area (Å²) in [5, 5.41) is 0. The molecule has 0 heterocycles. The van der Waals surface area contributed by atoms with Crippen molar-refractivity contribution >= 4 is 0 Å². The average Bonchev–Trinajstić information content (AvgIpc) is 2.52. The van der Waals surface area contributed by atoms with Crippen molar-refractivity contribution in [3.05, 3.63) is 82.9 Å². The molecule has 0 amide bonds. The molecule has 0 atom stereocenters. The Labute approximate surface area is 133 Å². The van der Waals surface area contributed by atoms with Gasteiger partial charge in [0.1, 0.15) is 0 Å². The standard InChI is InChI=1S/C22H22/c1-15-5-9-19(10-6-15)21-13-14-22(18(4)17(21)3)20-11-7-16(2)8-12-20/h5-14H,1-4H3. The van der Waals surface area contributed by atoms with Crippen molar-refractivity contribution in [2.75, 3.05) is 0 Å². The van der Waals surface area contributed by atoms with Gasteiger partial charge < -0.3 is 0 Å². The lowest BCUT2D eigenvalue weighted by atomic mass is 9.90. The molecule has 110 valence electrons. The molecule has 3 aromatic carbocycles. The second kappa shape index (κ2) is 5.81. The van der Waals surface area contributed by atoms with Crippen LogP contribution in [0.2, 0.25) is 0 Å². The van der Waals surface area contributed by atoms with Gasteiger partial charge in [0.05, 0.1) is 0 Å². The molecule has 0 nitrogen and oxygen atoms in total. The molecule has 0 saturated carbocycles. The van der Waals surface area contributed by atoms with Crippen molar-refractivity contribution in [2.45, 2.75) is 27.7 Å². The van der Waals surface area contributed by atoms with Gasteiger partial charge in [0.15, 0.2) is 0 Å². The van der Waals surface area contributed by atoms with Crippen LogP contribution in [0.25, 0.3) is 22.3 Å². The van der Waals surface area contributed by atoms with Crippen LogP contribution >= 0.6 is 0 Å². The zero-order valence-electron chi connectivity index (χ0n) is 13.8. The maximum absolute atomic E-state index is 2.25. The van der Waals surface area contributed by atoms with Crippen molar-refractivity contribution in [2.24, 2.45) is 0 Å². The van der Waals surface area contributed by atoms with Crippen LogP contribution in [0, 0.1) is 27.7 Å². The van der Waals surface area contributed by atoms with Gasteiger partial charge in [-0.3, -0.25) is 0 Å². The van der Waals surface area contributed by atoms with Gasteiger partial charge in [0, 0.05) is 0 Å². The van der Waals surface area contributed by atoms with Crippen molar-refractivity contribution in [3.63, 3.8) is 0 Å². The number of benzene rings is 3. The van der Waals surface area contributed by atoms with Gasteiger partial charge in [-0.2, -0.15) is 0 Å². The zero-order chi connectivity index (χ0) is 15.7. The van der Waals surface area contributed by atoms with Crippen molar-refractivity contribution < 1.29 is 0 Å². The summed E-state index contributed by atoms with van der Waals surface area (Å²) < 4.78 is 0. The summed E-state index contributed by atoms with van der Waals surface area (Å²) in [4.78, 5) is 0. The maximum atomic E-state index is 2.25. The lowest BCUT2D eigenvalue weighted by molar-refractivity contribution is 1.33. The van der Waals surface area contributed by atoms with E-state index >= 15 is 0 Å². The fourth-order valence-electron chi connectivity index (χ4n) is 2.91. The highest BCUT2D eigenvalue weighted by molar-refractivity contribution is 5.77. The molecule has 22 heavy (non-hydrogen) atoms. The van der Waals surface area contributed by atoms with Gasteiger partial charge in [0.2, 0.25) is 0 Å². The van der Waals surface area contributed by atoms with Gasteiger partial charge >= 0.3 is 0 Å². The topological polar surface area (TPSA) is 0 Å². The first-order valence-electron chi connectivity index (χ1n) is 7.80. The van der Waals surface area contributed by atoms with E-state index in [0.717, 1.165) is 0 Å². The van der Waals surface area contributed by atoms with Crippen LogP contribution in [0.1, 0.15) is 22.3 Å². The first-order valence-corrected chi connectivity index (χ1v) is 7.80. The lowest BCUT2D eigenvalue weighted by Crippen LogP contribution is -1.92. The molecule has 0 aliphatic rings. The van der Waals surface area contributed by atoms with Crippen molar-refractivity contribution in [1.82, 2.24) is 0 Å². The third kappa shape index (κ3) is 2.69. The Morgan fingerprint density at radius 3 is 1.05 bits per heavy atom. The highest BCUT2D eigenvalue weighted by Gasteiger charge is 2.09. The van der Waals surface area contributed by atoms with E-state index in [-0.39, 0.29) is 0 Å². The molecule has 3 aromatic rings. The van der Waals surface area contributed by atoms with Crippen LogP contribution in [0.3, 0.4) is 0 Å². The van der Waals surface area contributed by atoms with Gasteiger partial charge in [-0.05, 0) is 61.1 Å². The average molecular weight is 286 g/mol. The molecule has 0 aromatic heterocycles. The van der Waals surface area contributed by atoms with Crippen LogP contribution in [0.4, 0.5) is 0 Å². The molecule has 0 unspecified atom stereocenters. The quantitative estimate of drug-likeness (QED) is 0.522. The summed E-state index contributed by atoms with van der Waals surface area (Å²) in [5.74, 6) is 0. The van der Waals surface area contributed by atoms with E-state index in [9.17, 15) is 0 Å². The number of hydrogen-bond donors (Lipinski definition) is 0. The Morgan fingerprint density at radius 2 is 0.727 bits per heavy atom. The molecule has 0 saturated heterocycles. The van der Waals surface area contributed by atoms with Gasteiger partial charge in [-0.1, -0.05) is 71.8 Å². The zero-order valence-corrected chi connectivity index (χ0v) is 13.8. The Hall–Kier alpha value is -2.34. The summed E-state index contributed by atoms with van der Waals surface area (Å²) in [6, 6.07) is 22.1. The van der Waals surface area contributed by atoms with Gasteiger partial charge in [-0.15, -0.1) is 0 Å². The molecule has 0 N–H and O–H groups in total. The maximum Gasteiger partial charge on any atom is -0.0152 e. The molecule has 0 fully saturated rings. The van der Waals surface area contributed by atoms with E-state index in [4.69, 9.17) is 0 Å². The number of aryl methyl sites for hydroxylation is 2. The van der Waals surface area contributed by atoms with E-state index in [1.807, 2.05) is 0 Å². The summed E-state index contributed by atoms with van der Waals surface area (Å²) in [6.45, 7) is 8.70. The van der Waals surface area contributed by atoms with E-state index in [0.29, 0.717) is 0 Å². The second-order valence-electron chi connectivity index (χ2n) is 6.14. The Bertz CT molecular complexity index is 720. The van der Waals surface area contributed by atoms with Crippen molar-refractivity contribution in [1.29, 1.82) is 0 Å². The summed E-state index contributed by atoms with van der Waals surface area (Å²) in [6.07, 6.45) is 0. The third-order valence-corrected chi connectivity index (χ3v) is 4.51. The summed E-state index contributed by atoms with van der Waals surface area (Å²) in [5.41, 5.74) is 10.6. The fourth-order valence-corrected chi connectivity index (χ4v) is 2.91. The molecule has 3 rings (SSSR count). The molecule has 0 radical (unpaired) electrons. The largest absolute Gasteiger partial charge is 0.0587 e. The van der Waals surface area contributed by atoms with Gasteiger partial charge in [-0.25, -0.2) is 0 Å². The Morgan fingerprint density at radius 1 is 0.409 bits per heavy atom. The van der Waals surface area contributed by atoms with Crippen LogP contribution in [-0.2, 0) is 0 Å². The van der Waals surface area contributed by atoms with Crippen LogP contribution in [0.15, 0.2) is 60.7 Å². The molecular formula is C22H22. The minimum Gasteiger partial charge on any atom is -0.0587 e. The van der Waals surface area contributed by atoms with Gasteiger partial charge in [0.25, 0.3) is 0 Å². The van der Waals surface area contributed by atoms with E-state index in [1.165, 1.54) is 44.5 Å². The first-order chi connectivity index (χ1) is 10.6. The van der Waals surface area contributed by atoms with Crippen LogP contribution < -0.4 is 0 Å². The Kier molecular flexibility index (Phi) is 3.85. The minimum absolute atomic E-state index is 1.29. The molecule has 0 heteroatoms. The second-order valence-corrected chi connectivity index (χ2v) is 6.14. The SMILES string of the molecule is Cc1ccc(-c2ccc(-c3ccc(C)cc3)c(C)c2C)cc1. The normalized spacial score (nSPS) is 10.7. The van der Waals surface area contributed by atoms with Crippen LogP contribution in [-0.4, -0.2) is 0 Å². The summed E-state index contributed by atoms with van der Waals surface area (Å²) >= 11 is 0. The third-order valence-electron chi connectivity index (χ3n) is 4.51. The molecule has 0 bridgehead atoms. The van der Waals surface area contributed by atoms with E-state index in [2.05, 4.69) is 88.4 Å².